The molecule has 0 aliphatic carbocycles. The fourth-order valence-corrected chi connectivity index (χ4v) is 3.04. The van der Waals surface area contributed by atoms with E-state index in [1.807, 2.05) is 0 Å². The molecule has 0 aliphatic rings. The fourth-order valence-electron chi connectivity index (χ4n) is 3.04. The van der Waals surface area contributed by atoms with E-state index in [-0.39, 0.29) is 16.7 Å². The van der Waals surface area contributed by atoms with Crippen LogP contribution in [0.15, 0.2) is 9.15 Å². The van der Waals surface area contributed by atoms with Crippen LogP contribution in [0.3, 0.4) is 0 Å². The van der Waals surface area contributed by atoms with E-state index in [4.69, 9.17) is 14.0 Å². The Balaban J connectivity index is 3.02. The molecular weight excluding hydrogens is 268 g/mol. The third-order valence-corrected chi connectivity index (χ3v) is 3.78. The van der Waals surface area contributed by atoms with Crippen molar-refractivity contribution < 1.29 is 19.3 Å². The van der Waals surface area contributed by atoms with Gasteiger partial charge in [-0.25, -0.2) is 5.26 Å². The monoisotopic (exact) mass is 294 g/mol. The van der Waals surface area contributed by atoms with E-state index < -0.39 is 0 Å². The van der Waals surface area contributed by atoms with E-state index in [0.29, 0.717) is 16.9 Å². The van der Waals surface area contributed by atoms with E-state index in [0.717, 1.165) is 16.7 Å². The van der Waals surface area contributed by atoms with Crippen molar-refractivity contribution in [3.05, 3.63) is 16.7 Å². The van der Waals surface area contributed by atoms with Crippen molar-refractivity contribution >= 4 is 11.2 Å². The summed E-state index contributed by atoms with van der Waals surface area (Å²) in [6.07, 6.45) is 0. The topological polar surface area (TPSA) is 55.7 Å². The van der Waals surface area contributed by atoms with Gasteiger partial charge in [-0.05, 0) is 22.3 Å². The lowest BCUT2D eigenvalue weighted by Crippen LogP contribution is -2.26. The van der Waals surface area contributed by atoms with Gasteiger partial charge in [0.2, 0.25) is 11.3 Å². The van der Waals surface area contributed by atoms with Crippen LogP contribution in [-0.2, 0) is 10.8 Å². The molecule has 0 saturated heterocycles. The average molecular weight is 294 g/mol. The van der Waals surface area contributed by atoms with E-state index in [1.165, 1.54) is 0 Å². The number of hydrogen-bond acceptors (Lipinski definition) is 4. The Hall–Kier alpha value is -1.42. The van der Waals surface area contributed by atoms with Gasteiger partial charge in [0, 0.05) is 11.1 Å². The minimum atomic E-state index is -0.196. The van der Waals surface area contributed by atoms with E-state index in [1.54, 1.807) is 0 Å². The molecule has 0 bridgehead atoms. The summed E-state index contributed by atoms with van der Waals surface area (Å²) in [6, 6.07) is 0. The molecule has 0 aliphatic heterocycles. The van der Waals surface area contributed by atoms with Gasteiger partial charge in [-0.2, -0.15) is 0 Å². The number of hydrogen-bond donors (Lipinski definition) is 1. The van der Waals surface area contributed by atoms with Crippen molar-refractivity contribution in [2.24, 2.45) is 0 Å². The zero-order valence-electron chi connectivity index (χ0n) is 14.2. The van der Waals surface area contributed by atoms with Crippen LogP contribution in [0.2, 0.25) is 0 Å². The summed E-state index contributed by atoms with van der Waals surface area (Å²) >= 11 is 0. The van der Waals surface area contributed by atoms with E-state index in [2.05, 4.69) is 55.4 Å². The Bertz CT molecular complexity index is 645. The summed E-state index contributed by atoms with van der Waals surface area (Å²) < 4.78 is 10.3. The van der Waals surface area contributed by atoms with Crippen LogP contribution in [0.4, 0.5) is 0 Å². The molecule has 4 heteroatoms. The van der Waals surface area contributed by atoms with E-state index in [9.17, 15) is 5.26 Å². The SMILES string of the molecule is CC(C)c1c(C(C)(C)C)c(C(C)(C)C)c(OO)c2ooc12. The Labute approximate surface area is 125 Å². The smallest absolute Gasteiger partial charge is 0.272 e. The second kappa shape index (κ2) is 4.80. The third kappa shape index (κ3) is 2.46. The lowest BCUT2D eigenvalue weighted by molar-refractivity contribution is -0.140. The first kappa shape index (κ1) is 16.0. The minimum absolute atomic E-state index is 0.108. The van der Waals surface area contributed by atoms with Gasteiger partial charge in [-0.15, -0.1) is 0 Å². The first-order valence-electron chi connectivity index (χ1n) is 7.40. The highest BCUT2D eigenvalue weighted by Crippen LogP contribution is 2.49. The molecule has 0 atom stereocenters. The van der Waals surface area contributed by atoms with Crippen molar-refractivity contribution in [2.45, 2.75) is 72.1 Å². The predicted octanol–water partition coefficient (Wildman–Crippen LogP) is 5.60. The zero-order chi connectivity index (χ0) is 16.2. The van der Waals surface area contributed by atoms with Crippen molar-refractivity contribution in [1.82, 2.24) is 0 Å². The molecule has 2 aromatic rings. The van der Waals surface area contributed by atoms with Gasteiger partial charge in [0.25, 0.3) is 5.58 Å². The Morgan fingerprint density at radius 3 is 1.62 bits per heavy atom. The molecule has 0 saturated carbocycles. The highest BCUT2D eigenvalue weighted by atomic mass is 17.1. The van der Waals surface area contributed by atoms with E-state index >= 15 is 0 Å². The van der Waals surface area contributed by atoms with Crippen molar-refractivity contribution in [2.75, 3.05) is 0 Å². The number of fused-ring (bicyclic) bond motifs is 1. The molecule has 1 aromatic carbocycles. The Morgan fingerprint density at radius 1 is 0.857 bits per heavy atom. The van der Waals surface area contributed by atoms with Crippen LogP contribution in [0.25, 0.3) is 11.2 Å². The minimum Gasteiger partial charge on any atom is -0.336 e. The fraction of sp³-hybridized carbons (Fsp3) is 0.647. The third-order valence-electron chi connectivity index (χ3n) is 3.78. The highest BCUT2D eigenvalue weighted by Gasteiger charge is 2.38. The van der Waals surface area contributed by atoms with Gasteiger partial charge in [0.15, 0.2) is 0 Å². The summed E-state index contributed by atoms with van der Waals surface area (Å²) in [5.41, 5.74) is 4.15. The van der Waals surface area contributed by atoms with Crippen molar-refractivity contribution in [3.63, 3.8) is 0 Å². The summed E-state index contributed by atoms with van der Waals surface area (Å²) in [7, 11) is 0. The molecule has 1 aromatic heterocycles. The molecule has 0 amide bonds. The predicted molar refractivity (Wildman–Crippen MR) is 83.2 cm³/mol. The largest absolute Gasteiger partial charge is 0.336 e. The molecule has 0 unspecified atom stereocenters. The van der Waals surface area contributed by atoms with Crippen LogP contribution in [0.1, 0.15) is 78.0 Å². The molecule has 1 heterocycles. The first-order valence-corrected chi connectivity index (χ1v) is 7.40. The standard InChI is InChI=1S/C17H26O4/c1-9(2)10-11(16(3,4)5)12(17(6,7)8)14(19-18)15-13(10)20-21-15/h9,18H,1-8H3. The van der Waals surface area contributed by atoms with Crippen LogP contribution in [-0.4, -0.2) is 5.26 Å². The second-order valence-corrected chi connectivity index (χ2v) is 8.06. The molecule has 118 valence electrons. The maximum absolute atomic E-state index is 9.41. The second-order valence-electron chi connectivity index (χ2n) is 8.06. The molecule has 0 spiro atoms. The van der Waals surface area contributed by atoms with Crippen LogP contribution < -0.4 is 4.89 Å². The van der Waals surface area contributed by atoms with Crippen molar-refractivity contribution in [3.8, 4) is 5.75 Å². The van der Waals surface area contributed by atoms with Gasteiger partial charge in [-0.1, -0.05) is 55.4 Å². The summed E-state index contributed by atoms with van der Waals surface area (Å²) in [5, 5.41) is 9.41. The molecule has 0 radical (unpaired) electrons. The molecule has 2 rings (SSSR count). The highest BCUT2D eigenvalue weighted by molar-refractivity contribution is 5.86. The molecular formula is C17H26O4. The zero-order valence-corrected chi connectivity index (χ0v) is 14.2. The molecule has 21 heavy (non-hydrogen) atoms. The number of rotatable bonds is 2. The normalized spacial score (nSPS) is 13.4. The Kier molecular flexibility index (Phi) is 3.65. The molecule has 4 nitrogen and oxygen atoms in total. The van der Waals surface area contributed by atoms with Gasteiger partial charge >= 0.3 is 0 Å². The quantitative estimate of drug-likeness (QED) is 0.579. The van der Waals surface area contributed by atoms with Crippen LogP contribution in [0, 0.1) is 0 Å². The summed E-state index contributed by atoms with van der Waals surface area (Å²) in [4.78, 5) is 4.70. The first-order chi connectivity index (χ1) is 9.50. The van der Waals surface area contributed by atoms with Gasteiger partial charge < -0.3 is 4.89 Å². The van der Waals surface area contributed by atoms with Crippen LogP contribution in [0.5, 0.6) is 5.75 Å². The van der Waals surface area contributed by atoms with Crippen LogP contribution >= 0.6 is 0 Å². The summed E-state index contributed by atoms with van der Waals surface area (Å²) in [5.74, 6) is 0.656. The summed E-state index contributed by atoms with van der Waals surface area (Å²) in [6.45, 7) is 17.1. The maximum atomic E-state index is 9.41. The maximum Gasteiger partial charge on any atom is 0.272 e. The van der Waals surface area contributed by atoms with Crippen molar-refractivity contribution in [1.29, 1.82) is 0 Å². The molecule has 1 N–H and O–H groups in total. The van der Waals surface area contributed by atoms with Gasteiger partial charge in [0.1, 0.15) is 0 Å². The average Bonchev–Trinajstić information content (AvgIpc) is 2.25. The lowest BCUT2D eigenvalue weighted by atomic mass is 9.71. The Morgan fingerprint density at radius 2 is 1.33 bits per heavy atom. The number of benzene rings is 1. The van der Waals surface area contributed by atoms with Gasteiger partial charge in [-0.3, -0.25) is 9.15 Å². The van der Waals surface area contributed by atoms with Gasteiger partial charge in [0.05, 0.1) is 0 Å². The lowest BCUT2D eigenvalue weighted by Gasteiger charge is -2.34. The molecule has 0 fully saturated rings.